The van der Waals surface area contributed by atoms with Crippen LogP contribution in [0.2, 0.25) is 0 Å². The van der Waals surface area contributed by atoms with Gasteiger partial charge in [-0.1, -0.05) is 0 Å². The first-order valence-electron chi connectivity index (χ1n) is 2.86. The number of carbonyl (C=O) groups is 1. The van der Waals surface area contributed by atoms with Crippen LogP contribution < -0.4 is 11.1 Å². The van der Waals surface area contributed by atoms with E-state index in [9.17, 15) is 0 Å². The van der Waals surface area contributed by atoms with Crippen molar-refractivity contribution in [1.82, 2.24) is 0 Å². The molecule has 0 aromatic carbocycles. The van der Waals surface area contributed by atoms with Crippen molar-refractivity contribution < 1.29 is 14.3 Å². The van der Waals surface area contributed by atoms with Gasteiger partial charge >= 0.3 is 6.09 Å². The first kappa shape index (κ1) is 9.35. The van der Waals surface area contributed by atoms with Crippen LogP contribution in [-0.2, 0) is 0 Å². The Hall–Kier alpha value is -1.65. The summed E-state index contributed by atoms with van der Waals surface area (Å²) >= 11 is 0. The first-order valence-corrected chi connectivity index (χ1v) is 2.86. The molecule has 1 heterocycles. The highest BCUT2D eigenvalue weighted by atomic mass is 16.4. The summed E-state index contributed by atoms with van der Waals surface area (Å²) in [6, 6.07) is 3.70. The lowest BCUT2D eigenvalue weighted by Crippen LogP contribution is -2.03. The molecule has 0 saturated heterocycles. The second-order valence-corrected chi connectivity index (χ2v) is 1.57. The summed E-state index contributed by atoms with van der Waals surface area (Å²) in [7, 11) is 1.82. The molecule has 62 valence electrons. The molecule has 0 radical (unpaired) electrons. The molecule has 4 N–H and O–H groups in total. The van der Waals surface area contributed by atoms with Gasteiger partial charge in [0.05, 0.1) is 6.26 Å². The monoisotopic (exact) mass is 158 g/mol. The summed E-state index contributed by atoms with van der Waals surface area (Å²) in [5, 5.41) is 10.0. The predicted octanol–water partition coefficient (Wildman–Crippen LogP) is 0.944. The van der Waals surface area contributed by atoms with Gasteiger partial charge in [0.15, 0.2) is 5.88 Å². The maximum Gasteiger partial charge on any atom is 0.402 e. The van der Waals surface area contributed by atoms with Crippen LogP contribution >= 0.6 is 0 Å². The van der Waals surface area contributed by atoms with Crippen molar-refractivity contribution in [2.45, 2.75) is 0 Å². The lowest BCUT2D eigenvalue weighted by molar-refractivity contribution is 0.205. The minimum absolute atomic E-state index is 0.806. The average molecular weight is 158 g/mol. The van der Waals surface area contributed by atoms with Crippen LogP contribution in [0.1, 0.15) is 0 Å². The Morgan fingerprint density at radius 2 is 2.36 bits per heavy atom. The number of hydrogen-bond acceptors (Lipinski definition) is 3. The van der Waals surface area contributed by atoms with Crippen molar-refractivity contribution in [3.8, 4) is 0 Å². The van der Waals surface area contributed by atoms with E-state index in [0.717, 1.165) is 5.88 Å². The van der Waals surface area contributed by atoms with Crippen molar-refractivity contribution in [3.05, 3.63) is 18.4 Å². The van der Waals surface area contributed by atoms with E-state index < -0.39 is 6.09 Å². The number of amides is 1. The van der Waals surface area contributed by atoms with E-state index in [1.54, 1.807) is 6.26 Å². The third kappa shape index (κ3) is 6.23. The minimum Gasteiger partial charge on any atom is -0.465 e. The maximum absolute atomic E-state index is 8.78. The predicted molar refractivity (Wildman–Crippen MR) is 40.5 cm³/mol. The van der Waals surface area contributed by atoms with E-state index >= 15 is 0 Å². The van der Waals surface area contributed by atoms with E-state index in [-0.39, 0.29) is 0 Å². The van der Waals surface area contributed by atoms with Crippen LogP contribution in [0.15, 0.2) is 22.8 Å². The molecule has 0 bridgehead atoms. The average Bonchev–Trinajstić information content (AvgIpc) is 2.36. The summed E-state index contributed by atoms with van der Waals surface area (Å²) in [5.41, 5.74) is 4.03. The van der Waals surface area contributed by atoms with E-state index in [2.05, 4.69) is 11.1 Å². The Morgan fingerprint density at radius 1 is 1.82 bits per heavy atom. The zero-order valence-electron chi connectivity index (χ0n) is 6.07. The van der Waals surface area contributed by atoms with Gasteiger partial charge in [0, 0.05) is 13.1 Å². The fourth-order valence-corrected chi connectivity index (χ4v) is 0.421. The Balaban J connectivity index is 0.000000218. The lowest BCUT2D eigenvalue weighted by Gasteiger charge is -1.85. The summed E-state index contributed by atoms with van der Waals surface area (Å²) in [6.45, 7) is 0. The number of nitrogens with one attached hydrogen (secondary N) is 1. The molecule has 11 heavy (non-hydrogen) atoms. The molecule has 0 fully saturated rings. The topological polar surface area (TPSA) is 88.5 Å². The molecular weight excluding hydrogens is 148 g/mol. The SMILES string of the molecule is CNc1ccco1.NC(=O)O. The zero-order valence-corrected chi connectivity index (χ0v) is 6.07. The number of primary amides is 1. The number of anilines is 1. The second kappa shape index (κ2) is 5.16. The van der Waals surface area contributed by atoms with E-state index in [1.165, 1.54) is 0 Å². The molecule has 0 atom stereocenters. The molecule has 0 aliphatic rings. The van der Waals surface area contributed by atoms with Crippen molar-refractivity contribution in [3.63, 3.8) is 0 Å². The molecule has 1 aromatic rings. The molecular formula is C6H10N2O3. The zero-order chi connectivity index (χ0) is 8.69. The second-order valence-electron chi connectivity index (χ2n) is 1.57. The highest BCUT2D eigenvalue weighted by Crippen LogP contribution is 2.03. The number of furan rings is 1. The number of nitrogens with two attached hydrogens (primary N) is 1. The van der Waals surface area contributed by atoms with E-state index in [1.807, 2.05) is 19.2 Å². The van der Waals surface area contributed by atoms with Gasteiger partial charge in [0.25, 0.3) is 0 Å². The van der Waals surface area contributed by atoms with Crippen LogP contribution in [0, 0.1) is 0 Å². The normalized spacial score (nSPS) is 7.73. The Labute approximate surface area is 63.8 Å². The standard InChI is InChI=1S/C5H7NO.CH3NO2/c1-6-5-3-2-4-7-5;2-1(3)4/h2-4,6H,1H3;2H2,(H,3,4). The Kier molecular flexibility index (Phi) is 4.39. The van der Waals surface area contributed by atoms with Gasteiger partial charge in [-0.05, 0) is 6.07 Å². The molecule has 5 heteroatoms. The van der Waals surface area contributed by atoms with Crippen LogP contribution in [-0.4, -0.2) is 18.2 Å². The van der Waals surface area contributed by atoms with Gasteiger partial charge in [0.2, 0.25) is 0 Å². The molecule has 1 rings (SSSR count). The largest absolute Gasteiger partial charge is 0.465 e. The smallest absolute Gasteiger partial charge is 0.402 e. The summed E-state index contributed by atoms with van der Waals surface area (Å²) in [5.74, 6) is 0.806. The van der Waals surface area contributed by atoms with Gasteiger partial charge in [0.1, 0.15) is 0 Å². The van der Waals surface area contributed by atoms with E-state index in [0.29, 0.717) is 0 Å². The lowest BCUT2D eigenvalue weighted by atomic mass is 10.6. The van der Waals surface area contributed by atoms with Crippen LogP contribution in [0.5, 0.6) is 0 Å². The molecule has 1 aromatic heterocycles. The number of carboxylic acid groups (broad SMARTS) is 1. The van der Waals surface area contributed by atoms with Crippen LogP contribution in [0.25, 0.3) is 0 Å². The molecule has 5 nitrogen and oxygen atoms in total. The fourth-order valence-electron chi connectivity index (χ4n) is 0.421. The van der Waals surface area contributed by atoms with Crippen molar-refractivity contribution in [2.24, 2.45) is 5.73 Å². The summed E-state index contributed by atoms with van der Waals surface area (Å²) in [4.78, 5) is 8.78. The van der Waals surface area contributed by atoms with Crippen molar-refractivity contribution >= 4 is 12.0 Å². The minimum atomic E-state index is -1.33. The van der Waals surface area contributed by atoms with Gasteiger partial charge in [-0.3, -0.25) is 0 Å². The van der Waals surface area contributed by atoms with Gasteiger partial charge in [-0.25, -0.2) is 4.79 Å². The van der Waals surface area contributed by atoms with Crippen molar-refractivity contribution in [2.75, 3.05) is 12.4 Å². The molecule has 0 aliphatic carbocycles. The molecule has 0 aliphatic heterocycles. The Bertz CT molecular complexity index is 192. The maximum atomic E-state index is 8.78. The van der Waals surface area contributed by atoms with Crippen LogP contribution in [0.3, 0.4) is 0 Å². The fraction of sp³-hybridized carbons (Fsp3) is 0.167. The summed E-state index contributed by atoms with van der Waals surface area (Å²) in [6.07, 6.45) is 0.297. The van der Waals surface area contributed by atoms with Gasteiger partial charge in [-0.15, -0.1) is 0 Å². The van der Waals surface area contributed by atoms with Crippen LogP contribution in [0.4, 0.5) is 10.7 Å². The summed E-state index contributed by atoms with van der Waals surface area (Å²) < 4.78 is 4.87. The van der Waals surface area contributed by atoms with E-state index in [4.69, 9.17) is 14.3 Å². The molecule has 0 spiro atoms. The first-order chi connectivity index (χ1) is 5.16. The third-order valence-electron chi connectivity index (χ3n) is 0.768. The van der Waals surface area contributed by atoms with Gasteiger partial charge < -0.3 is 20.6 Å². The molecule has 0 unspecified atom stereocenters. The molecule has 0 saturated carbocycles. The third-order valence-corrected chi connectivity index (χ3v) is 0.768. The number of hydrogen-bond donors (Lipinski definition) is 3. The highest BCUT2D eigenvalue weighted by molar-refractivity contribution is 5.61. The van der Waals surface area contributed by atoms with Crippen molar-refractivity contribution in [1.29, 1.82) is 0 Å². The quantitative estimate of drug-likeness (QED) is 0.567. The Morgan fingerprint density at radius 3 is 2.55 bits per heavy atom. The highest BCUT2D eigenvalue weighted by Gasteiger charge is 1.82. The molecule has 1 amide bonds. The number of rotatable bonds is 1. The van der Waals surface area contributed by atoms with Gasteiger partial charge in [-0.2, -0.15) is 0 Å².